The number of amides is 1. The van der Waals surface area contributed by atoms with Crippen molar-refractivity contribution in [1.82, 2.24) is 21.0 Å². The Balaban J connectivity index is 1.64. The Hall–Kier alpha value is -3.41. The molecule has 5 nitrogen and oxygen atoms in total. The molecule has 0 radical (unpaired) electrons. The first-order chi connectivity index (χ1) is 11.6. The van der Waals surface area contributed by atoms with Crippen LogP contribution in [0.25, 0.3) is 17.0 Å². The molecule has 2 aromatic carbocycles. The van der Waals surface area contributed by atoms with Crippen LogP contribution in [-0.2, 0) is 0 Å². The van der Waals surface area contributed by atoms with Crippen molar-refractivity contribution < 1.29 is 9.18 Å². The highest BCUT2D eigenvalue weighted by atomic mass is 19.1. The van der Waals surface area contributed by atoms with Gasteiger partial charge in [0, 0.05) is 5.56 Å². The summed E-state index contributed by atoms with van der Waals surface area (Å²) in [6.07, 6.45) is 0. The first kappa shape index (κ1) is 15.5. The van der Waals surface area contributed by atoms with Crippen LogP contribution in [0, 0.1) is 5.82 Å². The van der Waals surface area contributed by atoms with Crippen molar-refractivity contribution in [2.45, 2.75) is 0 Å². The van der Waals surface area contributed by atoms with Crippen molar-refractivity contribution in [2.75, 3.05) is 0 Å². The number of aromatic nitrogens is 2. The number of carbonyl (C=O) groups excluding carboxylic acids is 1. The van der Waals surface area contributed by atoms with Gasteiger partial charge in [0.05, 0.1) is 11.4 Å². The number of H-pyrrole nitrogens is 1. The molecule has 3 aromatic rings. The molecule has 0 aliphatic carbocycles. The lowest BCUT2D eigenvalue weighted by Crippen LogP contribution is -2.36. The first-order valence-electron chi connectivity index (χ1n) is 7.25. The summed E-state index contributed by atoms with van der Waals surface area (Å²) < 4.78 is 12.9. The molecule has 3 N–H and O–H groups in total. The van der Waals surface area contributed by atoms with Crippen molar-refractivity contribution in [3.8, 4) is 11.3 Å². The van der Waals surface area contributed by atoms with Gasteiger partial charge in [0.25, 0.3) is 5.91 Å². The van der Waals surface area contributed by atoms with E-state index in [-0.39, 0.29) is 17.4 Å². The summed E-state index contributed by atoms with van der Waals surface area (Å²) in [5, 5.41) is 6.72. The molecule has 6 heteroatoms. The van der Waals surface area contributed by atoms with Gasteiger partial charge >= 0.3 is 0 Å². The normalized spacial score (nSPS) is 10.2. The topological polar surface area (TPSA) is 69.8 Å². The van der Waals surface area contributed by atoms with Crippen LogP contribution in [0.2, 0.25) is 0 Å². The summed E-state index contributed by atoms with van der Waals surface area (Å²) >= 11 is 0. The van der Waals surface area contributed by atoms with Gasteiger partial charge in [0.1, 0.15) is 11.5 Å². The van der Waals surface area contributed by atoms with E-state index in [0.29, 0.717) is 17.0 Å². The Labute approximate surface area is 138 Å². The maximum Gasteiger partial charge on any atom is 0.287 e. The third kappa shape index (κ3) is 3.49. The molecule has 1 amide bonds. The van der Waals surface area contributed by atoms with E-state index in [1.165, 1.54) is 12.1 Å². The predicted molar refractivity (Wildman–Crippen MR) is 90.1 cm³/mol. The smallest absolute Gasteiger partial charge is 0.287 e. The average Bonchev–Trinajstić information content (AvgIpc) is 3.11. The van der Waals surface area contributed by atoms with Crippen LogP contribution in [0.3, 0.4) is 0 Å². The third-order valence-electron chi connectivity index (χ3n) is 3.41. The molecule has 0 fully saturated rings. The molecule has 0 saturated carbocycles. The molecule has 3 rings (SSSR count). The monoisotopic (exact) mass is 322 g/mol. The van der Waals surface area contributed by atoms with E-state index in [9.17, 15) is 9.18 Å². The molecule has 0 bridgehead atoms. The molecule has 0 atom stereocenters. The van der Waals surface area contributed by atoms with Crippen LogP contribution < -0.4 is 10.9 Å². The number of nitrogens with one attached hydrogen (secondary N) is 3. The Kier molecular flexibility index (Phi) is 4.38. The molecule has 1 aromatic heterocycles. The fraction of sp³-hybridized carbons (Fsp3) is 0. The maximum atomic E-state index is 12.9. The van der Waals surface area contributed by atoms with E-state index >= 15 is 0 Å². The van der Waals surface area contributed by atoms with E-state index in [1.807, 2.05) is 30.3 Å². The number of nitrogens with zero attached hydrogens (tertiary/aromatic N) is 1. The van der Waals surface area contributed by atoms with Gasteiger partial charge < -0.3 is 0 Å². The molecule has 1 heterocycles. The molecule has 0 spiro atoms. The van der Waals surface area contributed by atoms with Crippen molar-refractivity contribution in [3.63, 3.8) is 0 Å². The summed E-state index contributed by atoms with van der Waals surface area (Å²) in [7, 11) is 0. The van der Waals surface area contributed by atoms with Gasteiger partial charge in [0.2, 0.25) is 0 Å². The molecule has 0 aliphatic rings. The fourth-order valence-electron chi connectivity index (χ4n) is 2.12. The molecule has 24 heavy (non-hydrogen) atoms. The molecular formula is C18H15FN4O. The minimum atomic E-state index is -0.382. The lowest BCUT2D eigenvalue weighted by molar-refractivity contribution is 0.0937. The maximum absolute atomic E-state index is 12.9. The zero-order valence-electron chi connectivity index (χ0n) is 12.7. The third-order valence-corrected chi connectivity index (χ3v) is 3.41. The number of halogens is 1. The summed E-state index contributed by atoms with van der Waals surface area (Å²) in [5.74, 6) is -0.705. The quantitative estimate of drug-likeness (QED) is 0.632. The fourth-order valence-corrected chi connectivity index (χ4v) is 2.12. The summed E-state index contributed by atoms with van der Waals surface area (Å²) in [4.78, 5) is 12.1. The van der Waals surface area contributed by atoms with Crippen molar-refractivity contribution in [2.24, 2.45) is 0 Å². The lowest BCUT2D eigenvalue weighted by atomic mass is 10.1. The standard InChI is InChI=1S/C18H15FN4O/c1-12(13-5-3-2-4-6-13)20-23-18(24)17-11-16(21-22-17)14-7-9-15(19)10-8-14/h2-11,20H,1H2,(H,21,22)(H,23,24). The van der Waals surface area contributed by atoms with Gasteiger partial charge in [-0.3, -0.25) is 20.7 Å². The molecule has 0 unspecified atom stereocenters. The minimum Gasteiger partial charge on any atom is -0.298 e. The van der Waals surface area contributed by atoms with Crippen LogP contribution in [0.15, 0.2) is 67.2 Å². The van der Waals surface area contributed by atoms with Gasteiger partial charge in [-0.15, -0.1) is 0 Å². The zero-order chi connectivity index (χ0) is 16.9. The summed E-state index contributed by atoms with van der Waals surface area (Å²) in [6.45, 7) is 3.86. The van der Waals surface area contributed by atoms with Crippen molar-refractivity contribution >= 4 is 11.6 Å². The van der Waals surface area contributed by atoms with Crippen LogP contribution in [0.1, 0.15) is 16.1 Å². The van der Waals surface area contributed by atoms with Gasteiger partial charge in [-0.1, -0.05) is 36.9 Å². The summed E-state index contributed by atoms with van der Waals surface area (Å²) in [6, 6.07) is 16.9. The zero-order valence-corrected chi connectivity index (χ0v) is 12.7. The van der Waals surface area contributed by atoms with Crippen LogP contribution >= 0.6 is 0 Å². The SMILES string of the molecule is C=C(NNC(=O)c1cc(-c2ccc(F)cc2)n[nH]1)c1ccccc1. The largest absolute Gasteiger partial charge is 0.298 e. The van der Waals surface area contributed by atoms with Crippen LogP contribution in [0.4, 0.5) is 4.39 Å². The van der Waals surface area contributed by atoms with E-state index in [4.69, 9.17) is 0 Å². The van der Waals surface area contributed by atoms with Gasteiger partial charge in [0.15, 0.2) is 0 Å². The lowest BCUT2D eigenvalue weighted by Gasteiger charge is -2.10. The molecule has 0 aliphatic heterocycles. The Morgan fingerprint density at radius 3 is 2.46 bits per heavy atom. The number of aromatic amines is 1. The van der Waals surface area contributed by atoms with E-state index in [2.05, 4.69) is 27.6 Å². The Bertz CT molecular complexity index is 856. The van der Waals surface area contributed by atoms with E-state index < -0.39 is 0 Å². The second-order valence-corrected chi connectivity index (χ2v) is 5.10. The van der Waals surface area contributed by atoms with E-state index in [0.717, 1.165) is 5.56 Å². The highest BCUT2D eigenvalue weighted by Crippen LogP contribution is 2.18. The molecule has 120 valence electrons. The highest BCUT2D eigenvalue weighted by Gasteiger charge is 2.11. The molecular weight excluding hydrogens is 307 g/mol. The summed E-state index contributed by atoms with van der Waals surface area (Å²) in [5.41, 5.74) is 8.31. The van der Waals surface area contributed by atoms with E-state index in [1.54, 1.807) is 18.2 Å². The Morgan fingerprint density at radius 1 is 1.04 bits per heavy atom. The van der Waals surface area contributed by atoms with Gasteiger partial charge in [-0.05, 0) is 35.9 Å². The first-order valence-corrected chi connectivity index (χ1v) is 7.25. The van der Waals surface area contributed by atoms with Crippen LogP contribution in [0.5, 0.6) is 0 Å². The number of carbonyl (C=O) groups is 1. The van der Waals surface area contributed by atoms with Crippen LogP contribution in [-0.4, -0.2) is 16.1 Å². The predicted octanol–water partition coefficient (Wildman–Crippen LogP) is 3.12. The number of rotatable bonds is 5. The second kappa shape index (κ2) is 6.78. The number of benzene rings is 2. The van der Waals surface area contributed by atoms with Crippen molar-refractivity contribution in [1.29, 1.82) is 0 Å². The highest BCUT2D eigenvalue weighted by molar-refractivity contribution is 5.93. The molecule has 0 saturated heterocycles. The Morgan fingerprint density at radius 2 is 1.75 bits per heavy atom. The minimum absolute atomic E-state index is 0.280. The van der Waals surface area contributed by atoms with Crippen molar-refractivity contribution in [3.05, 3.63) is 84.3 Å². The average molecular weight is 322 g/mol. The second-order valence-electron chi connectivity index (χ2n) is 5.10. The number of hydrogen-bond acceptors (Lipinski definition) is 3. The number of hydrazine groups is 1. The van der Waals surface area contributed by atoms with Gasteiger partial charge in [-0.25, -0.2) is 4.39 Å². The van der Waals surface area contributed by atoms with Gasteiger partial charge in [-0.2, -0.15) is 5.10 Å². The number of hydrogen-bond donors (Lipinski definition) is 3.